The van der Waals surface area contributed by atoms with Crippen molar-refractivity contribution >= 4 is 27.5 Å². The number of likely N-dealkylation sites (N-methyl/N-ethyl adjacent to an activating group) is 1. The Balaban J connectivity index is 2.07. The third kappa shape index (κ3) is 6.81. The van der Waals surface area contributed by atoms with Crippen LogP contribution in [0.25, 0.3) is 0 Å². The zero-order valence-corrected chi connectivity index (χ0v) is 23.7. The monoisotopic (exact) mass is 573 g/mol. The largest absolute Gasteiger partial charge is 0.497 e. The smallest absolute Gasteiger partial charge is 0.264 e. The summed E-state index contributed by atoms with van der Waals surface area (Å²) in [6.45, 7) is 0.869. The lowest BCUT2D eigenvalue weighted by atomic mass is 10.1. The van der Waals surface area contributed by atoms with Gasteiger partial charge in [-0.05, 0) is 61.0 Å². The molecule has 0 heterocycles. The molecule has 0 spiro atoms. The van der Waals surface area contributed by atoms with Gasteiger partial charge in [0.05, 0.1) is 31.9 Å². The summed E-state index contributed by atoms with van der Waals surface area (Å²) in [6, 6.07) is 14.8. The molecule has 2 amide bonds. The first kappa shape index (κ1) is 30.2. The van der Waals surface area contributed by atoms with Gasteiger partial charge in [0.25, 0.3) is 10.0 Å². The first-order valence-corrected chi connectivity index (χ1v) is 13.6. The van der Waals surface area contributed by atoms with Gasteiger partial charge in [0.1, 0.15) is 24.2 Å². The lowest BCUT2D eigenvalue weighted by Crippen LogP contribution is -2.50. The maximum atomic E-state index is 13.9. The first-order chi connectivity index (χ1) is 19.0. The van der Waals surface area contributed by atoms with E-state index < -0.39 is 40.2 Å². The van der Waals surface area contributed by atoms with Crippen molar-refractivity contribution in [3.8, 4) is 17.2 Å². The number of ether oxygens (including phenoxy) is 3. The van der Waals surface area contributed by atoms with Crippen LogP contribution in [0.5, 0.6) is 17.2 Å². The number of amides is 2. The van der Waals surface area contributed by atoms with Gasteiger partial charge in [0, 0.05) is 19.7 Å². The van der Waals surface area contributed by atoms with Crippen molar-refractivity contribution in [2.24, 2.45) is 0 Å². The van der Waals surface area contributed by atoms with E-state index in [2.05, 4.69) is 5.32 Å². The summed E-state index contributed by atoms with van der Waals surface area (Å²) in [5.41, 5.74) is 0.720. The zero-order chi connectivity index (χ0) is 29.4. The number of nitrogens with zero attached hydrogens (tertiary/aromatic N) is 2. The number of halogens is 1. The average molecular weight is 574 g/mol. The molecule has 3 aromatic rings. The summed E-state index contributed by atoms with van der Waals surface area (Å²) in [5, 5.41) is 2.52. The van der Waals surface area contributed by atoms with Crippen LogP contribution in [0.4, 0.5) is 10.1 Å². The fourth-order valence-corrected chi connectivity index (χ4v) is 5.43. The maximum absolute atomic E-state index is 13.9. The van der Waals surface area contributed by atoms with Crippen LogP contribution in [0.3, 0.4) is 0 Å². The number of nitrogens with one attached hydrogen (secondary N) is 1. The van der Waals surface area contributed by atoms with Crippen LogP contribution < -0.4 is 23.8 Å². The Hall–Kier alpha value is -4.32. The molecule has 1 unspecified atom stereocenters. The van der Waals surface area contributed by atoms with Crippen LogP contribution in [0, 0.1) is 5.82 Å². The fourth-order valence-electron chi connectivity index (χ4n) is 4.00. The summed E-state index contributed by atoms with van der Waals surface area (Å²) >= 11 is 0. The van der Waals surface area contributed by atoms with Crippen molar-refractivity contribution < 1.29 is 36.6 Å². The maximum Gasteiger partial charge on any atom is 0.264 e. The molecule has 0 radical (unpaired) electrons. The molecule has 1 atom stereocenters. The summed E-state index contributed by atoms with van der Waals surface area (Å²) < 4.78 is 58.2. The lowest BCUT2D eigenvalue weighted by molar-refractivity contribution is -0.139. The van der Waals surface area contributed by atoms with E-state index in [1.807, 2.05) is 0 Å². The van der Waals surface area contributed by atoms with E-state index in [0.717, 1.165) is 16.4 Å². The predicted molar refractivity (Wildman–Crippen MR) is 148 cm³/mol. The summed E-state index contributed by atoms with van der Waals surface area (Å²) in [6.07, 6.45) is 0. The summed E-state index contributed by atoms with van der Waals surface area (Å²) in [7, 11) is 1.36. The Bertz CT molecular complexity index is 1450. The van der Waals surface area contributed by atoms with E-state index in [0.29, 0.717) is 17.1 Å². The Morgan fingerprint density at radius 2 is 1.60 bits per heavy atom. The highest BCUT2D eigenvalue weighted by Crippen LogP contribution is 2.32. The molecule has 40 heavy (non-hydrogen) atoms. The van der Waals surface area contributed by atoms with Gasteiger partial charge in [0.15, 0.2) is 11.5 Å². The highest BCUT2D eigenvalue weighted by atomic mass is 32.2. The molecule has 0 bridgehead atoms. The van der Waals surface area contributed by atoms with E-state index in [4.69, 9.17) is 14.2 Å². The second-order valence-corrected chi connectivity index (χ2v) is 10.5. The van der Waals surface area contributed by atoms with Crippen molar-refractivity contribution in [2.45, 2.75) is 24.4 Å². The minimum absolute atomic E-state index is 0.00170. The molecule has 0 aliphatic carbocycles. The van der Waals surface area contributed by atoms with Gasteiger partial charge in [-0.3, -0.25) is 13.9 Å². The molecule has 0 aromatic heterocycles. The molecule has 0 saturated heterocycles. The second kappa shape index (κ2) is 13.2. The van der Waals surface area contributed by atoms with Crippen molar-refractivity contribution in [3.05, 3.63) is 78.1 Å². The summed E-state index contributed by atoms with van der Waals surface area (Å²) in [5.74, 6) is -0.635. The molecule has 1 N–H and O–H groups in total. The quantitative estimate of drug-likeness (QED) is 0.354. The fraction of sp³-hybridized carbons (Fsp3) is 0.286. The number of hydrogen-bond donors (Lipinski definition) is 1. The zero-order valence-electron chi connectivity index (χ0n) is 22.9. The molecule has 3 aromatic carbocycles. The number of hydrogen-bond acceptors (Lipinski definition) is 7. The van der Waals surface area contributed by atoms with Crippen LogP contribution in [0.2, 0.25) is 0 Å². The lowest BCUT2D eigenvalue weighted by Gasteiger charge is -2.32. The molecule has 12 heteroatoms. The molecule has 214 valence electrons. The van der Waals surface area contributed by atoms with Crippen molar-refractivity contribution in [1.29, 1.82) is 0 Å². The Kier molecular flexibility index (Phi) is 9.94. The summed E-state index contributed by atoms with van der Waals surface area (Å²) in [4.78, 5) is 27.5. The van der Waals surface area contributed by atoms with Gasteiger partial charge in [-0.1, -0.05) is 12.1 Å². The molecule has 10 nitrogen and oxygen atoms in total. The van der Waals surface area contributed by atoms with Crippen molar-refractivity contribution in [2.75, 3.05) is 39.2 Å². The highest BCUT2D eigenvalue weighted by molar-refractivity contribution is 7.92. The Labute approximate surface area is 233 Å². The number of sulfonamides is 1. The van der Waals surface area contributed by atoms with E-state index >= 15 is 0 Å². The standard InChI is InChI=1S/C28H32FN3O7S/c1-19(28(34)30-2)31(17-20-7-6-8-23(15-20)37-3)27(33)18-32(22-11-9-21(29)10-12-22)40(35,36)24-13-14-25(38-4)26(16-24)39-5/h6-16,19H,17-18H2,1-5H3,(H,30,34). The molecule has 3 rings (SSSR count). The van der Waals surface area contributed by atoms with E-state index in [1.54, 1.807) is 31.2 Å². The van der Waals surface area contributed by atoms with Gasteiger partial charge in [-0.25, -0.2) is 12.8 Å². The van der Waals surface area contributed by atoms with Crippen LogP contribution in [-0.2, 0) is 26.2 Å². The Morgan fingerprint density at radius 3 is 2.20 bits per heavy atom. The van der Waals surface area contributed by atoms with Gasteiger partial charge < -0.3 is 24.4 Å². The number of methoxy groups -OCH3 is 3. The SMILES string of the molecule is CNC(=O)C(C)N(Cc1cccc(OC)c1)C(=O)CN(c1ccc(F)cc1)S(=O)(=O)c1ccc(OC)c(OC)c1. The molecule has 0 saturated carbocycles. The minimum Gasteiger partial charge on any atom is -0.497 e. The molecule has 0 fully saturated rings. The van der Waals surface area contributed by atoms with Crippen molar-refractivity contribution in [1.82, 2.24) is 10.2 Å². The van der Waals surface area contributed by atoms with Gasteiger partial charge in [0.2, 0.25) is 11.8 Å². The number of carbonyl (C=O) groups excluding carboxylic acids is 2. The number of benzene rings is 3. The van der Waals surface area contributed by atoms with Crippen LogP contribution in [0.1, 0.15) is 12.5 Å². The topological polar surface area (TPSA) is 114 Å². The van der Waals surface area contributed by atoms with Gasteiger partial charge in [-0.2, -0.15) is 0 Å². The third-order valence-corrected chi connectivity index (χ3v) is 8.01. The minimum atomic E-state index is -4.38. The van der Waals surface area contributed by atoms with Gasteiger partial charge >= 0.3 is 0 Å². The molecular weight excluding hydrogens is 541 g/mol. The van der Waals surface area contributed by atoms with Crippen LogP contribution >= 0.6 is 0 Å². The van der Waals surface area contributed by atoms with Crippen molar-refractivity contribution in [3.63, 3.8) is 0 Å². The molecular formula is C28H32FN3O7S. The van der Waals surface area contributed by atoms with Crippen LogP contribution in [-0.4, -0.2) is 66.1 Å². The van der Waals surface area contributed by atoms with Crippen LogP contribution in [0.15, 0.2) is 71.6 Å². The third-order valence-electron chi connectivity index (χ3n) is 6.24. The first-order valence-electron chi connectivity index (χ1n) is 12.2. The normalized spacial score (nSPS) is 11.8. The van der Waals surface area contributed by atoms with Gasteiger partial charge in [-0.15, -0.1) is 0 Å². The molecule has 0 aliphatic heterocycles. The number of rotatable bonds is 12. The highest BCUT2D eigenvalue weighted by Gasteiger charge is 2.33. The average Bonchev–Trinajstić information content (AvgIpc) is 2.97. The number of anilines is 1. The second-order valence-electron chi connectivity index (χ2n) is 8.67. The van der Waals surface area contributed by atoms with E-state index in [-0.39, 0.29) is 22.9 Å². The number of carbonyl (C=O) groups is 2. The molecule has 0 aliphatic rings. The van der Waals surface area contributed by atoms with E-state index in [1.165, 1.54) is 63.6 Å². The Morgan fingerprint density at radius 1 is 0.925 bits per heavy atom. The predicted octanol–water partition coefficient (Wildman–Crippen LogP) is 3.21. The van der Waals surface area contributed by atoms with E-state index in [9.17, 15) is 22.4 Å².